The number of carbonyl (C=O) groups excluding carboxylic acids is 1. The van der Waals surface area contributed by atoms with Gasteiger partial charge in [-0.05, 0) is 87.9 Å². The summed E-state index contributed by atoms with van der Waals surface area (Å²) in [6.07, 6.45) is 8.88. The van der Waals surface area contributed by atoms with Crippen LogP contribution in [0.4, 0.5) is 14.1 Å². The van der Waals surface area contributed by atoms with E-state index in [1.165, 1.54) is 24.0 Å². The van der Waals surface area contributed by atoms with E-state index in [0.29, 0.717) is 5.41 Å². The summed E-state index contributed by atoms with van der Waals surface area (Å²) in [5.74, 6) is 1.18. The number of hydrogen-bond acceptors (Lipinski definition) is 4. The molecule has 0 atom stereocenters. The maximum Gasteiger partial charge on any atom is 0.253 e. The fourth-order valence-corrected chi connectivity index (χ4v) is 5.91. The number of aromatic nitrogens is 1. The van der Waals surface area contributed by atoms with Gasteiger partial charge in [-0.1, -0.05) is 11.6 Å². The zero-order valence-electron chi connectivity index (χ0n) is 20.3. The molecule has 5 rings (SSSR count). The van der Waals surface area contributed by atoms with Crippen LogP contribution in [0, 0.1) is 5.41 Å². The van der Waals surface area contributed by atoms with Crippen molar-refractivity contribution in [2.24, 2.45) is 5.41 Å². The summed E-state index contributed by atoms with van der Waals surface area (Å²) in [6.45, 7) is 9.05. The average Bonchev–Trinajstić information content (AvgIpc) is 3.10. The highest BCUT2D eigenvalue weighted by Gasteiger charge is 2.39. The van der Waals surface area contributed by atoms with E-state index in [0.717, 1.165) is 68.3 Å². The Morgan fingerprint density at radius 3 is 2.23 bits per heavy atom. The monoisotopic (exact) mass is 513 g/mol. The first kappa shape index (κ1) is 28.9. The number of benzene rings is 1. The smallest absolute Gasteiger partial charge is 0.253 e. The summed E-state index contributed by atoms with van der Waals surface area (Å²) in [6, 6.07) is 7.75. The van der Waals surface area contributed by atoms with Crippen LogP contribution >= 0.6 is 11.6 Å². The molecule has 1 aromatic carbocycles. The third-order valence-electron chi connectivity index (χ3n) is 7.55. The number of piperidine rings is 2. The fraction of sp³-hybridized carbons (Fsp3) is 0.538. The van der Waals surface area contributed by atoms with Crippen molar-refractivity contribution >= 4 is 17.5 Å². The van der Waals surface area contributed by atoms with Crippen molar-refractivity contribution in [3.8, 4) is 5.75 Å². The second-order valence-electron chi connectivity index (χ2n) is 10.4. The van der Waals surface area contributed by atoms with Gasteiger partial charge in [0, 0.05) is 54.6 Å². The summed E-state index contributed by atoms with van der Waals surface area (Å²) in [5, 5.41) is 0.805. The number of rotatable bonds is 3. The molecule has 0 bridgehead atoms. The number of fused-ring (bicyclic) bond motifs is 1. The number of ether oxygens (including phenoxy) is 1. The Hall–Kier alpha value is -2.32. The minimum absolute atomic E-state index is 0. The van der Waals surface area contributed by atoms with E-state index in [1.54, 1.807) is 12.4 Å². The summed E-state index contributed by atoms with van der Waals surface area (Å²) in [7, 11) is 0. The molecule has 5 nitrogen and oxygen atoms in total. The molecule has 2 aromatic rings. The summed E-state index contributed by atoms with van der Waals surface area (Å²) in [5.41, 5.74) is 3.41. The molecule has 2 saturated heterocycles. The normalized spacial score (nSPS) is 20.0. The molecule has 4 heterocycles. The van der Waals surface area contributed by atoms with Crippen molar-refractivity contribution in [3.63, 3.8) is 0 Å². The minimum Gasteiger partial charge on any atom is -0.487 e. The van der Waals surface area contributed by atoms with Crippen molar-refractivity contribution in [3.05, 3.63) is 58.4 Å². The molecule has 1 spiro atoms. The topological polar surface area (TPSA) is 45.7 Å². The van der Waals surface area contributed by atoms with Gasteiger partial charge in [-0.2, -0.15) is 0 Å². The lowest BCUT2D eigenvalue weighted by molar-refractivity contribution is 0.0282. The van der Waals surface area contributed by atoms with Gasteiger partial charge in [0.15, 0.2) is 0 Å². The highest BCUT2D eigenvalue weighted by molar-refractivity contribution is 6.30. The summed E-state index contributed by atoms with van der Waals surface area (Å²) in [4.78, 5) is 21.3. The highest BCUT2D eigenvalue weighted by Crippen LogP contribution is 2.43. The number of nitrogens with zero attached hydrogens (tertiary/aromatic N) is 3. The first-order valence-corrected chi connectivity index (χ1v) is 12.1. The lowest BCUT2D eigenvalue weighted by Gasteiger charge is -2.47. The average molecular weight is 514 g/mol. The van der Waals surface area contributed by atoms with E-state index in [4.69, 9.17) is 16.3 Å². The molecule has 0 radical (unpaired) electrons. The van der Waals surface area contributed by atoms with Crippen LogP contribution in [-0.4, -0.2) is 52.5 Å². The summed E-state index contributed by atoms with van der Waals surface area (Å²) < 4.78 is 6.28. The maximum atomic E-state index is 12.8. The second kappa shape index (κ2) is 11.2. The minimum atomic E-state index is -0.157. The molecule has 3 aliphatic heterocycles. The van der Waals surface area contributed by atoms with E-state index in [-0.39, 0.29) is 25.6 Å². The molecule has 194 valence electrons. The third kappa shape index (κ3) is 6.09. The Kier molecular flexibility index (Phi) is 9.22. The number of likely N-dealkylation sites (tertiary alicyclic amines) is 2. The predicted molar refractivity (Wildman–Crippen MR) is 134 cm³/mol. The lowest BCUT2D eigenvalue weighted by Crippen LogP contribution is -2.48. The molecule has 0 N–H and O–H groups in total. The largest absolute Gasteiger partial charge is 0.487 e. The fourth-order valence-electron chi connectivity index (χ4n) is 5.65. The van der Waals surface area contributed by atoms with Crippen LogP contribution in [0.5, 0.6) is 5.75 Å². The van der Waals surface area contributed by atoms with Crippen LogP contribution in [-0.2, 0) is 13.0 Å². The SMILES string of the molecule is CC1(C)Cc2cc(Cl)cc(CN3CCC4(CC3)CCN(C(=O)c3ccncc3)CC4)c2O1.F.F.F. The zero-order chi connectivity index (χ0) is 22.3. The second-order valence-corrected chi connectivity index (χ2v) is 10.8. The van der Waals surface area contributed by atoms with Crippen LogP contribution in [0.25, 0.3) is 0 Å². The predicted octanol–water partition coefficient (Wildman–Crippen LogP) is 5.42. The number of carbonyl (C=O) groups is 1. The van der Waals surface area contributed by atoms with Gasteiger partial charge < -0.3 is 9.64 Å². The maximum absolute atomic E-state index is 12.8. The molecule has 35 heavy (non-hydrogen) atoms. The molecule has 2 fully saturated rings. The standard InChI is InChI=1S/C26H32ClN3O2.3FH/c1-25(2)17-20-15-22(27)16-21(23(20)32-25)18-29-11-5-26(6-12-29)7-13-30(14-8-26)24(31)19-3-9-28-10-4-19;;;/h3-4,9-10,15-16H,5-8,11-14,17-18H2,1-2H3;3*1H. The molecular weight excluding hydrogens is 479 g/mol. The van der Waals surface area contributed by atoms with Crippen LogP contribution in [0.1, 0.15) is 61.0 Å². The molecule has 0 unspecified atom stereocenters. The number of amides is 1. The Labute approximate surface area is 209 Å². The van der Waals surface area contributed by atoms with Gasteiger partial charge in [0.25, 0.3) is 5.91 Å². The van der Waals surface area contributed by atoms with Crippen LogP contribution in [0.3, 0.4) is 0 Å². The van der Waals surface area contributed by atoms with Gasteiger partial charge in [0.1, 0.15) is 11.4 Å². The van der Waals surface area contributed by atoms with Crippen LogP contribution < -0.4 is 4.74 Å². The molecule has 3 aliphatic rings. The highest BCUT2D eigenvalue weighted by atomic mass is 35.5. The van der Waals surface area contributed by atoms with Crippen molar-refractivity contribution in [2.75, 3.05) is 26.2 Å². The molecular formula is C26H35ClF3N3O2. The first-order chi connectivity index (χ1) is 15.3. The van der Waals surface area contributed by atoms with Crippen molar-refractivity contribution in [2.45, 2.75) is 58.1 Å². The molecule has 1 amide bonds. The Morgan fingerprint density at radius 1 is 1.00 bits per heavy atom. The van der Waals surface area contributed by atoms with Crippen molar-refractivity contribution in [1.29, 1.82) is 0 Å². The molecule has 0 saturated carbocycles. The molecule has 9 heteroatoms. The van der Waals surface area contributed by atoms with E-state index in [1.807, 2.05) is 17.0 Å². The van der Waals surface area contributed by atoms with Crippen LogP contribution in [0.15, 0.2) is 36.7 Å². The number of pyridine rings is 1. The van der Waals surface area contributed by atoms with Crippen LogP contribution in [0.2, 0.25) is 5.02 Å². The van der Waals surface area contributed by atoms with Gasteiger partial charge in [-0.3, -0.25) is 28.8 Å². The van der Waals surface area contributed by atoms with Gasteiger partial charge >= 0.3 is 0 Å². The number of hydrogen-bond donors (Lipinski definition) is 0. The Morgan fingerprint density at radius 2 is 1.60 bits per heavy atom. The van der Waals surface area contributed by atoms with E-state index in [2.05, 4.69) is 35.9 Å². The van der Waals surface area contributed by atoms with Gasteiger partial charge in [-0.15, -0.1) is 0 Å². The third-order valence-corrected chi connectivity index (χ3v) is 7.77. The lowest BCUT2D eigenvalue weighted by atomic mass is 9.71. The number of halogens is 4. The van der Waals surface area contributed by atoms with Gasteiger partial charge in [0.05, 0.1) is 0 Å². The van der Waals surface area contributed by atoms with E-state index >= 15 is 0 Å². The Balaban J connectivity index is 0.00000144. The van der Waals surface area contributed by atoms with Crippen molar-refractivity contribution in [1.82, 2.24) is 14.8 Å². The van der Waals surface area contributed by atoms with Gasteiger partial charge in [-0.25, -0.2) is 0 Å². The zero-order valence-corrected chi connectivity index (χ0v) is 21.1. The summed E-state index contributed by atoms with van der Waals surface area (Å²) >= 11 is 6.43. The first-order valence-electron chi connectivity index (χ1n) is 11.7. The van der Waals surface area contributed by atoms with E-state index < -0.39 is 0 Å². The molecule has 0 aliphatic carbocycles. The van der Waals surface area contributed by atoms with E-state index in [9.17, 15) is 4.79 Å². The van der Waals surface area contributed by atoms with Gasteiger partial charge in [0.2, 0.25) is 0 Å². The Bertz CT molecular complexity index is 1000. The quantitative estimate of drug-likeness (QED) is 0.549. The molecule has 1 aromatic heterocycles. The van der Waals surface area contributed by atoms with Crippen molar-refractivity contribution < 1.29 is 23.6 Å².